The van der Waals surface area contributed by atoms with Gasteiger partial charge in [-0.05, 0) is 38.8 Å². The Morgan fingerprint density at radius 2 is 1.95 bits per heavy atom. The first-order valence-electron chi connectivity index (χ1n) is 6.66. The van der Waals surface area contributed by atoms with E-state index in [0.29, 0.717) is 19.8 Å². The van der Waals surface area contributed by atoms with Crippen molar-refractivity contribution in [3.8, 4) is 0 Å². The molecule has 0 radical (unpaired) electrons. The molecule has 0 unspecified atom stereocenters. The lowest BCUT2D eigenvalue weighted by molar-refractivity contribution is 0.0500. The van der Waals surface area contributed by atoms with Crippen LogP contribution in [0.3, 0.4) is 0 Å². The first kappa shape index (κ1) is 17.0. The molecular formula is C15H22BrNO3. The zero-order valence-corrected chi connectivity index (χ0v) is 13.8. The normalized spacial score (nSPS) is 11.2. The Hall–Kier alpha value is -1.07. The number of ether oxygens (including phenoxy) is 2. The Bertz CT molecular complexity index is 429. The van der Waals surface area contributed by atoms with E-state index in [4.69, 9.17) is 9.47 Å². The van der Waals surface area contributed by atoms with Gasteiger partial charge in [0, 0.05) is 11.0 Å². The molecule has 0 saturated heterocycles. The monoisotopic (exact) mass is 343 g/mol. The molecule has 0 bridgehead atoms. The Balaban J connectivity index is 2.08. The van der Waals surface area contributed by atoms with E-state index in [9.17, 15) is 4.79 Å². The average molecular weight is 344 g/mol. The number of rotatable bonds is 6. The number of hydrogen-bond acceptors (Lipinski definition) is 3. The summed E-state index contributed by atoms with van der Waals surface area (Å²) < 4.78 is 11.7. The molecule has 4 nitrogen and oxygen atoms in total. The maximum Gasteiger partial charge on any atom is 0.407 e. The van der Waals surface area contributed by atoms with Crippen molar-refractivity contribution in [3.63, 3.8) is 0 Å². The van der Waals surface area contributed by atoms with Crippen molar-refractivity contribution < 1.29 is 14.3 Å². The molecule has 0 aliphatic heterocycles. The first-order chi connectivity index (χ1) is 9.38. The van der Waals surface area contributed by atoms with Crippen LogP contribution >= 0.6 is 15.9 Å². The fourth-order valence-electron chi connectivity index (χ4n) is 1.52. The lowest BCUT2D eigenvalue weighted by atomic mass is 10.2. The third-order valence-electron chi connectivity index (χ3n) is 2.39. The van der Waals surface area contributed by atoms with Crippen molar-refractivity contribution in [1.82, 2.24) is 5.32 Å². The van der Waals surface area contributed by atoms with E-state index in [1.54, 1.807) is 0 Å². The molecule has 1 N–H and O–H groups in total. The van der Waals surface area contributed by atoms with Crippen LogP contribution in [0.4, 0.5) is 4.79 Å². The van der Waals surface area contributed by atoms with E-state index in [-0.39, 0.29) is 0 Å². The van der Waals surface area contributed by atoms with E-state index in [2.05, 4.69) is 27.3 Å². The highest BCUT2D eigenvalue weighted by Crippen LogP contribution is 2.16. The van der Waals surface area contributed by atoms with Gasteiger partial charge in [-0.3, -0.25) is 0 Å². The molecule has 0 aliphatic carbocycles. The zero-order valence-electron chi connectivity index (χ0n) is 12.2. The molecule has 1 aromatic carbocycles. The second-order valence-corrected chi connectivity index (χ2v) is 6.24. The Labute approximate surface area is 129 Å². The van der Waals surface area contributed by atoms with Gasteiger partial charge in [0.2, 0.25) is 0 Å². The van der Waals surface area contributed by atoms with Crippen molar-refractivity contribution in [2.24, 2.45) is 0 Å². The molecule has 1 rings (SSSR count). The predicted octanol–water partition coefficient (Wildman–Crippen LogP) is 3.53. The number of carbonyl (C=O) groups is 1. The van der Waals surface area contributed by atoms with Crippen molar-refractivity contribution >= 4 is 22.0 Å². The standard InChI is InChI=1S/C15H22BrNO3/c1-15(2,3)20-14(18)17-9-11-19-10-8-12-6-4-5-7-13(12)16/h4-7H,8-11H2,1-3H3,(H,17,18). The molecule has 0 heterocycles. The van der Waals surface area contributed by atoms with Gasteiger partial charge in [-0.2, -0.15) is 0 Å². The molecule has 5 heteroatoms. The number of benzene rings is 1. The molecule has 0 saturated carbocycles. The number of hydrogen-bond donors (Lipinski definition) is 1. The predicted molar refractivity (Wildman–Crippen MR) is 82.9 cm³/mol. The zero-order chi connectivity index (χ0) is 15.0. The first-order valence-corrected chi connectivity index (χ1v) is 7.46. The SMILES string of the molecule is CC(C)(C)OC(=O)NCCOCCc1ccccc1Br. The van der Waals surface area contributed by atoms with E-state index >= 15 is 0 Å². The van der Waals surface area contributed by atoms with Crippen molar-refractivity contribution in [1.29, 1.82) is 0 Å². The summed E-state index contributed by atoms with van der Waals surface area (Å²) in [5.41, 5.74) is 0.748. The second-order valence-electron chi connectivity index (χ2n) is 5.38. The minimum Gasteiger partial charge on any atom is -0.444 e. The number of alkyl carbamates (subject to hydrolysis) is 1. The number of carbonyl (C=O) groups excluding carboxylic acids is 1. The molecule has 0 fully saturated rings. The summed E-state index contributed by atoms with van der Waals surface area (Å²) in [5.74, 6) is 0. The highest BCUT2D eigenvalue weighted by atomic mass is 79.9. The summed E-state index contributed by atoms with van der Waals surface area (Å²) in [6.07, 6.45) is 0.431. The Kier molecular flexibility index (Phi) is 7.02. The highest BCUT2D eigenvalue weighted by Gasteiger charge is 2.15. The van der Waals surface area contributed by atoms with Crippen LogP contribution in [0, 0.1) is 0 Å². The van der Waals surface area contributed by atoms with Gasteiger partial charge in [0.25, 0.3) is 0 Å². The lowest BCUT2D eigenvalue weighted by Gasteiger charge is -2.19. The lowest BCUT2D eigenvalue weighted by Crippen LogP contribution is -2.34. The van der Waals surface area contributed by atoms with Crippen LogP contribution in [0.1, 0.15) is 26.3 Å². The summed E-state index contributed by atoms with van der Waals surface area (Å²) in [4.78, 5) is 11.4. The fraction of sp³-hybridized carbons (Fsp3) is 0.533. The van der Waals surface area contributed by atoms with Gasteiger partial charge >= 0.3 is 6.09 Å². The largest absolute Gasteiger partial charge is 0.444 e. The maximum atomic E-state index is 11.4. The molecule has 1 amide bonds. The number of amides is 1. The third kappa shape index (κ3) is 7.50. The van der Waals surface area contributed by atoms with E-state index in [0.717, 1.165) is 10.9 Å². The van der Waals surface area contributed by atoms with Crippen LogP contribution in [-0.2, 0) is 15.9 Å². The molecule has 0 aliphatic rings. The van der Waals surface area contributed by atoms with Gasteiger partial charge in [0.15, 0.2) is 0 Å². The second kappa shape index (κ2) is 8.27. The summed E-state index contributed by atoms with van der Waals surface area (Å²) in [5, 5.41) is 2.65. The van der Waals surface area contributed by atoms with Crippen LogP contribution in [0.2, 0.25) is 0 Å². The van der Waals surface area contributed by atoms with Gasteiger partial charge in [0.05, 0.1) is 13.2 Å². The van der Waals surface area contributed by atoms with Gasteiger partial charge in [-0.1, -0.05) is 34.1 Å². The molecule has 0 atom stereocenters. The number of nitrogens with one attached hydrogen (secondary N) is 1. The molecule has 0 aromatic heterocycles. The molecular weight excluding hydrogens is 322 g/mol. The topological polar surface area (TPSA) is 47.6 Å². The molecule has 1 aromatic rings. The quantitative estimate of drug-likeness (QED) is 0.803. The summed E-state index contributed by atoms with van der Waals surface area (Å²) in [7, 11) is 0. The minimum absolute atomic E-state index is 0.410. The van der Waals surface area contributed by atoms with E-state index < -0.39 is 11.7 Å². The number of halogens is 1. The van der Waals surface area contributed by atoms with E-state index in [1.807, 2.05) is 39.0 Å². The highest BCUT2D eigenvalue weighted by molar-refractivity contribution is 9.10. The minimum atomic E-state index is -0.468. The van der Waals surface area contributed by atoms with Crippen molar-refractivity contribution in [2.45, 2.75) is 32.8 Å². The molecule has 112 valence electrons. The van der Waals surface area contributed by atoms with Crippen molar-refractivity contribution in [2.75, 3.05) is 19.8 Å². The summed E-state index contributed by atoms with van der Waals surface area (Å²) in [6, 6.07) is 8.06. The van der Waals surface area contributed by atoms with Gasteiger partial charge in [0.1, 0.15) is 5.60 Å². The van der Waals surface area contributed by atoms with Crippen LogP contribution in [0.15, 0.2) is 28.7 Å². The van der Waals surface area contributed by atoms with Gasteiger partial charge < -0.3 is 14.8 Å². The van der Waals surface area contributed by atoms with Crippen LogP contribution in [-0.4, -0.2) is 31.5 Å². The third-order valence-corrected chi connectivity index (χ3v) is 3.16. The summed E-state index contributed by atoms with van der Waals surface area (Å²) >= 11 is 3.50. The van der Waals surface area contributed by atoms with Crippen molar-refractivity contribution in [3.05, 3.63) is 34.3 Å². The Morgan fingerprint density at radius 1 is 1.25 bits per heavy atom. The average Bonchev–Trinajstić information content (AvgIpc) is 2.33. The van der Waals surface area contributed by atoms with Gasteiger partial charge in [-0.15, -0.1) is 0 Å². The molecule has 20 heavy (non-hydrogen) atoms. The molecule has 0 spiro atoms. The van der Waals surface area contributed by atoms with Crippen LogP contribution < -0.4 is 5.32 Å². The fourth-order valence-corrected chi connectivity index (χ4v) is 2.01. The van der Waals surface area contributed by atoms with Gasteiger partial charge in [-0.25, -0.2) is 4.79 Å². The van der Waals surface area contributed by atoms with E-state index in [1.165, 1.54) is 5.56 Å². The summed E-state index contributed by atoms with van der Waals surface area (Å²) in [6.45, 7) is 7.05. The van der Waals surface area contributed by atoms with Crippen LogP contribution in [0.25, 0.3) is 0 Å². The Morgan fingerprint density at radius 3 is 2.60 bits per heavy atom. The smallest absolute Gasteiger partial charge is 0.407 e. The van der Waals surface area contributed by atoms with Crippen LogP contribution in [0.5, 0.6) is 0 Å². The maximum absolute atomic E-state index is 11.4.